The summed E-state index contributed by atoms with van der Waals surface area (Å²) in [7, 11) is -4.21. The molecule has 1 aromatic heterocycles. The van der Waals surface area contributed by atoms with E-state index in [4.69, 9.17) is 21.1 Å². The SMILES string of the molecule is O=S(=O)(c1ccc(Cl)cc1)C(c1cccc(C2OCCO2)n1)c1cc(F)ccc1F. The summed E-state index contributed by atoms with van der Waals surface area (Å²) in [6.07, 6.45) is -0.749. The zero-order valence-corrected chi connectivity index (χ0v) is 17.0. The van der Waals surface area contributed by atoms with Gasteiger partial charge in [-0.25, -0.2) is 17.2 Å². The van der Waals surface area contributed by atoms with Gasteiger partial charge in [-0.3, -0.25) is 4.98 Å². The van der Waals surface area contributed by atoms with Gasteiger partial charge in [-0.2, -0.15) is 0 Å². The van der Waals surface area contributed by atoms with E-state index in [1.165, 1.54) is 30.3 Å². The highest BCUT2D eigenvalue weighted by Gasteiger charge is 2.35. The lowest BCUT2D eigenvalue weighted by molar-refractivity contribution is -0.0474. The van der Waals surface area contributed by atoms with Crippen molar-refractivity contribution in [1.82, 2.24) is 4.98 Å². The predicted octanol–water partition coefficient (Wildman–Crippen LogP) is 4.62. The molecule has 0 aliphatic carbocycles. The monoisotopic (exact) mass is 451 g/mol. The molecule has 0 N–H and O–H groups in total. The summed E-state index contributed by atoms with van der Waals surface area (Å²) in [5.41, 5.74) is 0.0204. The third kappa shape index (κ3) is 4.09. The Kier molecular flexibility index (Phi) is 5.84. The largest absolute Gasteiger partial charge is 0.345 e. The lowest BCUT2D eigenvalue weighted by Crippen LogP contribution is -2.19. The molecule has 0 spiro atoms. The van der Waals surface area contributed by atoms with E-state index in [0.717, 1.165) is 18.2 Å². The number of rotatable bonds is 5. The van der Waals surface area contributed by atoms with Gasteiger partial charge >= 0.3 is 0 Å². The molecule has 156 valence electrons. The van der Waals surface area contributed by atoms with Crippen molar-refractivity contribution in [3.05, 3.63) is 94.3 Å². The number of hydrogen-bond donors (Lipinski definition) is 0. The highest BCUT2D eigenvalue weighted by atomic mass is 35.5. The Hall–Kier alpha value is -2.39. The van der Waals surface area contributed by atoms with Crippen molar-refractivity contribution >= 4 is 21.4 Å². The Bertz CT molecular complexity index is 1170. The molecule has 0 radical (unpaired) electrons. The van der Waals surface area contributed by atoms with Gasteiger partial charge in [-0.15, -0.1) is 0 Å². The van der Waals surface area contributed by atoms with Crippen LogP contribution in [-0.2, 0) is 19.3 Å². The molecule has 1 aliphatic heterocycles. The first kappa shape index (κ1) is 20.9. The van der Waals surface area contributed by atoms with Crippen molar-refractivity contribution in [2.45, 2.75) is 16.4 Å². The molecule has 4 rings (SSSR count). The summed E-state index contributed by atoms with van der Waals surface area (Å²) in [6.45, 7) is 0.753. The maximum atomic E-state index is 14.7. The average Bonchev–Trinajstić information content (AvgIpc) is 3.26. The predicted molar refractivity (Wildman–Crippen MR) is 106 cm³/mol. The molecule has 2 heterocycles. The van der Waals surface area contributed by atoms with Gasteiger partial charge in [0.1, 0.15) is 16.9 Å². The third-order valence-electron chi connectivity index (χ3n) is 4.62. The molecule has 1 fully saturated rings. The first-order chi connectivity index (χ1) is 14.4. The topological polar surface area (TPSA) is 65.5 Å². The second kappa shape index (κ2) is 8.39. The van der Waals surface area contributed by atoms with Crippen LogP contribution in [0.25, 0.3) is 0 Å². The molecule has 5 nitrogen and oxygen atoms in total. The molecule has 2 aromatic carbocycles. The van der Waals surface area contributed by atoms with E-state index in [0.29, 0.717) is 23.9 Å². The lowest BCUT2D eigenvalue weighted by Gasteiger charge is -2.20. The molecule has 30 heavy (non-hydrogen) atoms. The first-order valence-corrected chi connectivity index (χ1v) is 10.9. The van der Waals surface area contributed by atoms with E-state index < -0.39 is 33.0 Å². The summed E-state index contributed by atoms with van der Waals surface area (Å²) in [6, 6.07) is 12.8. The standard InChI is InChI=1S/C21H16ClF2NO4S/c22-13-4-7-15(8-5-13)30(26,27)20(16-12-14(23)6-9-17(16)24)18-2-1-3-19(25-18)21-28-10-11-29-21/h1-9,12,20-21H,10-11H2. The smallest absolute Gasteiger partial charge is 0.201 e. The molecule has 0 saturated carbocycles. The van der Waals surface area contributed by atoms with Gasteiger partial charge < -0.3 is 9.47 Å². The second-order valence-corrected chi connectivity index (χ2v) is 9.07. The molecule has 1 atom stereocenters. The average molecular weight is 452 g/mol. The van der Waals surface area contributed by atoms with Gasteiger partial charge in [0.15, 0.2) is 9.84 Å². The Morgan fingerprint density at radius 2 is 1.70 bits per heavy atom. The van der Waals surface area contributed by atoms with E-state index in [-0.39, 0.29) is 16.2 Å². The Morgan fingerprint density at radius 1 is 1.00 bits per heavy atom. The van der Waals surface area contributed by atoms with E-state index in [1.807, 2.05) is 0 Å². The number of halogens is 3. The molecule has 9 heteroatoms. The van der Waals surface area contributed by atoms with Gasteiger partial charge in [0.2, 0.25) is 6.29 Å². The van der Waals surface area contributed by atoms with Crippen LogP contribution >= 0.6 is 11.6 Å². The number of nitrogens with zero attached hydrogens (tertiary/aromatic N) is 1. The first-order valence-electron chi connectivity index (χ1n) is 9.01. The molecule has 0 bridgehead atoms. The highest BCUT2D eigenvalue weighted by molar-refractivity contribution is 7.91. The molecule has 1 unspecified atom stereocenters. The molecule has 0 amide bonds. The maximum absolute atomic E-state index is 14.7. The van der Waals surface area contributed by atoms with Crippen LogP contribution < -0.4 is 0 Å². The zero-order chi connectivity index (χ0) is 21.3. The Labute approximate surface area is 177 Å². The highest BCUT2D eigenvalue weighted by Crippen LogP contribution is 2.37. The minimum absolute atomic E-state index is 0.0195. The van der Waals surface area contributed by atoms with Crippen molar-refractivity contribution in [3.8, 4) is 0 Å². The van der Waals surface area contributed by atoms with Crippen LogP contribution in [0.4, 0.5) is 8.78 Å². The summed E-state index contributed by atoms with van der Waals surface area (Å²) in [5.74, 6) is -1.62. The third-order valence-corrected chi connectivity index (χ3v) is 6.91. The molecule has 1 aliphatic rings. The van der Waals surface area contributed by atoms with Gasteiger partial charge in [0.05, 0.1) is 29.5 Å². The quantitative estimate of drug-likeness (QED) is 0.566. The lowest BCUT2D eigenvalue weighted by atomic mass is 10.1. The number of pyridine rings is 1. The number of hydrogen-bond acceptors (Lipinski definition) is 5. The Morgan fingerprint density at radius 3 is 2.40 bits per heavy atom. The van der Waals surface area contributed by atoms with E-state index in [2.05, 4.69) is 4.98 Å². The molecular weight excluding hydrogens is 436 g/mol. The van der Waals surface area contributed by atoms with Crippen LogP contribution in [0.5, 0.6) is 0 Å². The number of ether oxygens (including phenoxy) is 2. The maximum Gasteiger partial charge on any atom is 0.201 e. The number of aromatic nitrogens is 1. The minimum atomic E-state index is -4.21. The van der Waals surface area contributed by atoms with Gasteiger partial charge in [0.25, 0.3) is 0 Å². The van der Waals surface area contributed by atoms with Gasteiger partial charge in [-0.1, -0.05) is 17.7 Å². The van der Waals surface area contributed by atoms with Crippen molar-refractivity contribution in [3.63, 3.8) is 0 Å². The van der Waals surface area contributed by atoms with Gasteiger partial charge in [-0.05, 0) is 54.6 Å². The Balaban J connectivity index is 1.89. The van der Waals surface area contributed by atoms with Crippen LogP contribution in [0.15, 0.2) is 65.6 Å². The summed E-state index contributed by atoms with van der Waals surface area (Å²) < 4.78 is 66.5. The molecule has 1 saturated heterocycles. The van der Waals surface area contributed by atoms with Crippen LogP contribution in [-0.4, -0.2) is 26.6 Å². The minimum Gasteiger partial charge on any atom is -0.345 e. The van der Waals surface area contributed by atoms with Crippen LogP contribution in [0, 0.1) is 11.6 Å². The number of benzene rings is 2. The summed E-state index contributed by atoms with van der Waals surface area (Å²) >= 11 is 5.87. The van der Waals surface area contributed by atoms with E-state index >= 15 is 0 Å². The van der Waals surface area contributed by atoms with Gasteiger partial charge in [0, 0.05) is 10.6 Å². The fourth-order valence-electron chi connectivity index (χ4n) is 3.24. The van der Waals surface area contributed by atoms with Crippen molar-refractivity contribution in [2.24, 2.45) is 0 Å². The van der Waals surface area contributed by atoms with Crippen molar-refractivity contribution < 1.29 is 26.7 Å². The summed E-state index contributed by atoms with van der Waals surface area (Å²) in [4.78, 5) is 4.27. The van der Waals surface area contributed by atoms with E-state index in [9.17, 15) is 17.2 Å². The fraction of sp³-hybridized carbons (Fsp3) is 0.190. The van der Waals surface area contributed by atoms with Crippen molar-refractivity contribution in [2.75, 3.05) is 13.2 Å². The molecular formula is C21H16ClF2NO4S. The second-order valence-electron chi connectivity index (χ2n) is 6.61. The van der Waals surface area contributed by atoms with Crippen LogP contribution in [0.1, 0.15) is 28.5 Å². The van der Waals surface area contributed by atoms with Crippen LogP contribution in [0.3, 0.4) is 0 Å². The summed E-state index contributed by atoms with van der Waals surface area (Å²) in [5, 5.41) is -1.24. The zero-order valence-electron chi connectivity index (χ0n) is 15.5. The fourth-order valence-corrected chi connectivity index (χ4v) is 5.11. The van der Waals surface area contributed by atoms with Crippen LogP contribution in [0.2, 0.25) is 5.02 Å². The van der Waals surface area contributed by atoms with E-state index in [1.54, 1.807) is 12.1 Å². The molecule has 3 aromatic rings. The number of sulfone groups is 1. The normalized spacial score (nSPS) is 16.0. The van der Waals surface area contributed by atoms with Crippen molar-refractivity contribution in [1.29, 1.82) is 0 Å².